The summed E-state index contributed by atoms with van der Waals surface area (Å²) in [6.07, 6.45) is -0.0155. The average Bonchev–Trinajstić information content (AvgIpc) is 2.83. The molecule has 2 amide bonds. The highest BCUT2D eigenvalue weighted by Crippen LogP contribution is 2.25. The lowest BCUT2D eigenvalue weighted by molar-refractivity contribution is 0.119. The van der Waals surface area contributed by atoms with Gasteiger partial charge in [0.05, 0.1) is 19.2 Å². The maximum atomic E-state index is 12.7. The predicted molar refractivity (Wildman–Crippen MR) is 98.0 cm³/mol. The highest BCUT2D eigenvalue weighted by Gasteiger charge is 2.20. The van der Waals surface area contributed by atoms with Crippen molar-refractivity contribution in [1.29, 1.82) is 0 Å². The third kappa shape index (κ3) is 4.12. The third-order valence-electron chi connectivity index (χ3n) is 4.44. The Labute approximate surface area is 148 Å². The summed E-state index contributed by atoms with van der Waals surface area (Å²) in [5.74, 6) is 0.858. The molecule has 0 saturated heterocycles. The maximum Gasteiger partial charge on any atom is 0.322 e. The zero-order valence-corrected chi connectivity index (χ0v) is 14.9. The molecule has 1 N–H and O–H groups in total. The van der Waals surface area contributed by atoms with E-state index in [2.05, 4.69) is 11.4 Å². The van der Waals surface area contributed by atoms with Crippen molar-refractivity contribution in [3.63, 3.8) is 0 Å². The molecule has 0 unspecified atom stereocenters. The summed E-state index contributed by atoms with van der Waals surface area (Å²) in [5, 5.41) is 2.98. The number of ether oxygens (including phenoxy) is 2. The quantitative estimate of drug-likeness (QED) is 0.914. The number of aryl methyl sites for hydroxylation is 1. The van der Waals surface area contributed by atoms with Gasteiger partial charge in [0.15, 0.2) is 0 Å². The van der Waals surface area contributed by atoms with Gasteiger partial charge in [0.1, 0.15) is 12.4 Å². The van der Waals surface area contributed by atoms with E-state index in [0.29, 0.717) is 19.7 Å². The lowest BCUT2D eigenvalue weighted by Crippen LogP contribution is -2.36. The van der Waals surface area contributed by atoms with Crippen LogP contribution in [-0.4, -0.2) is 31.2 Å². The second kappa shape index (κ2) is 7.57. The molecule has 132 valence electrons. The van der Waals surface area contributed by atoms with Crippen LogP contribution >= 0.6 is 0 Å². The molecule has 0 aromatic heterocycles. The van der Waals surface area contributed by atoms with Gasteiger partial charge in [0.25, 0.3) is 0 Å². The molecule has 1 aliphatic rings. The molecule has 0 aliphatic carbocycles. The number of methoxy groups -OCH3 is 1. The van der Waals surface area contributed by atoms with Gasteiger partial charge in [-0.1, -0.05) is 29.8 Å². The number of hydrogen-bond acceptors (Lipinski definition) is 3. The van der Waals surface area contributed by atoms with Crippen molar-refractivity contribution in [3.8, 4) is 5.75 Å². The fraction of sp³-hybridized carbons (Fsp3) is 0.350. The largest absolute Gasteiger partial charge is 0.491 e. The Morgan fingerprint density at radius 1 is 1.28 bits per heavy atom. The number of carbonyl (C=O) groups is 1. The summed E-state index contributed by atoms with van der Waals surface area (Å²) in [6, 6.07) is 13.7. The average molecular weight is 340 g/mol. The van der Waals surface area contributed by atoms with Crippen molar-refractivity contribution in [2.24, 2.45) is 0 Å². The summed E-state index contributed by atoms with van der Waals surface area (Å²) >= 11 is 0. The number of nitrogens with one attached hydrogen (secondary N) is 1. The van der Waals surface area contributed by atoms with Crippen molar-refractivity contribution in [2.75, 3.05) is 25.6 Å². The minimum atomic E-state index is -0.125. The van der Waals surface area contributed by atoms with Crippen LogP contribution in [0.2, 0.25) is 0 Å². The molecule has 0 spiro atoms. The summed E-state index contributed by atoms with van der Waals surface area (Å²) in [6.45, 7) is 5.60. The van der Waals surface area contributed by atoms with Gasteiger partial charge in [0, 0.05) is 18.4 Å². The molecule has 25 heavy (non-hydrogen) atoms. The number of carbonyl (C=O) groups excluding carboxylic acids is 1. The Morgan fingerprint density at radius 3 is 2.92 bits per heavy atom. The Balaban J connectivity index is 1.73. The fourth-order valence-corrected chi connectivity index (χ4v) is 2.90. The highest BCUT2D eigenvalue weighted by molar-refractivity contribution is 5.89. The van der Waals surface area contributed by atoms with Crippen LogP contribution in [0.5, 0.6) is 5.75 Å². The van der Waals surface area contributed by atoms with E-state index in [1.165, 1.54) is 0 Å². The van der Waals surface area contributed by atoms with Gasteiger partial charge in [-0.05, 0) is 37.6 Å². The van der Waals surface area contributed by atoms with E-state index in [-0.39, 0.29) is 12.1 Å². The topological polar surface area (TPSA) is 50.8 Å². The van der Waals surface area contributed by atoms with Crippen LogP contribution in [-0.2, 0) is 11.3 Å². The first-order chi connectivity index (χ1) is 12.1. The molecule has 0 radical (unpaired) electrons. The number of anilines is 1. The minimum absolute atomic E-state index is 0.0155. The van der Waals surface area contributed by atoms with Crippen LogP contribution in [0.3, 0.4) is 0 Å². The summed E-state index contributed by atoms with van der Waals surface area (Å²) in [5.41, 5.74) is 3.99. The number of rotatable bonds is 3. The first-order valence-electron chi connectivity index (χ1n) is 8.48. The van der Waals surface area contributed by atoms with E-state index in [0.717, 1.165) is 28.1 Å². The van der Waals surface area contributed by atoms with Crippen LogP contribution in [0, 0.1) is 6.92 Å². The predicted octanol–water partition coefficient (Wildman–Crippen LogP) is 4.13. The van der Waals surface area contributed by atoms with Crippen molar-refractivity contribution < 1.29 is 14.3 Å². The van der Waals surface area contributed by atoms with E-state index in [1.807, 2.05) is 50.2 Å². The second-order valence-electron chi connectivity index (χ2n) is 6.31. The standard InChI is InChI=1S/C20H24N2O3/c1-14-7-8-19-17(11-14)13-22(9-10-25-19)20(23)21-18-6-4-5-16(12-18)15(2)24-3/h4-8,11-12,15H,9-10,13H2,1-3H3,(H,21,23)/t15-/m1/s1. The molecule has 1 atom stereocenters. The number of amides is 2. The van der Waals surface area contributed by atoms with E-state index >= 15 is 0 Å². The van der Waals surface area contributed by atoms with E-state index < -0.39 is 0 Å². The summed E-state index contributed by atoms with van der Waals surface area (Å²) in [4.78, 5) is 14.5. The first-order valence-corrected chi connectivity index (χ1v) is 8.48. The molecule has 2 aromatic carbocycles. The monoisotopic (exact) mass is 340 g/mol. The van der Waals surface area contributed by atoms with Crippen molar-refractivity contribution in [1.82, 2.24) is 4.90 Å². The molecular weight excluding hydrogens is 316 g/mol. The van der Waals surface area contributed by atoms with Crippen LogP contribution in [0.4, 0.5) is 10.5 Å². The van der Waals surface area contributed by atoms with Crippen molar-refractivity contribution in [2.45, 2.75) is 26.5 Å². The van der Waals surface area contributed by atoms with Gasteiger partial charge in [0.2, 0.25) is 0 Å². The number of nitrogens with zero attached hydrogens (tertiary/aromatic N) is 1. The van der Waals surface area contributed by atoms with Gasteiger partial charge in [-0.15, -0.1) is 0 Å². The molecule has 0 saturated carbocycles. The molecule has 2 aromatic rings. The third-order valence-corrected chi connectivity index (χ3v) is 4.44. The van der Waals surface area contributed by atoms with Crippen LogP contribution < -0.4 is 10.1 Å². The molecule has 5 nitrogen and oxygen atoms in total. The molecule has 0 bridgehead atoms. The van der Waals surface area contributed by atoms with Gasteiger partial charge in [-0.2, -0.15) is 0 Å². The molecular formula is C20H24N2O3. The SMILES string of the molecule is CO[C@H](C)c1cccc(NC(=O)N2CCOc3ccc(C)cc3C2)c1. The molecule has 5 heteroatoms. The minimum Gasteiger partial charge on any atom is -0.491 e. The number of fused-ring (bicyclic) bond motifs is 1. The zero-order chi connectivity index (χ0) is 17.8. The number of urea groups is 1. The Morgan fingerprint density at radius 2 is 2.12 bits per heavy atom. The lowest BCUT2D eigenvalue weighted by Gasteiger charge is -2.21. The normalized spacial score (nSPS) is 14.9. The Bertz CT molecular complexity index is 760. The molecule has 0 fully saturated rings. The van der Waals surface area contributed by atoms with Crippen molar-refractivity contribution >= 4 is 11.7 Å². The smallest absolute Gasteiger partial charge is 0.322 e. The Hall–Kier alpha value is -2.53. The van der Waals surface area contributed by atoms with Crippen LogP contribution in [0.15, 0.2) is 42.5 Å². The van der Waals surface area contributed by atoms with E-state index in [1.54, 1.807) is 12.0 Å². The summed E-state index contributed by atoms with van der Waals surface area (Å²) < 4.78 is 11.1. The second-order valence-corrected chi connectivity index (χ2v) is 6.31. The summed E-state index contributed by atoms with van der Waals surface area (Å²) in [7, 11) is 1.67. The van der Waals surface area contributed by atoms with E-state index in [9.17, 15) is 4.79 Å². The fourth-order valence-electron chi connectivity index (χ4n) is 2.90. The molecule has 1 heterocycles. The van der Waals surface area contributed by atoms with Gasteiger partial charge in [-0.3, -0.25) is 0 Å². The van der Waals surface area contributed by atoms with Crippen LogP contribution in [0.25, 0.3) is 0 Å². The van der Waals surface area contributed by atoms with Crippen LogP contribution in [0.1, 0.15) is 29.7 Å². The molecule has 3 rings (SSSR count). The van der Waals surface area contributed by atoms with Gasteiger partial charge < -0.3 is 19.7 Å². The number of hydrogen-bond donors (Lipinski definition) is 1. The van der Waals surface area contributed by atoms with Crippen molar-refractivity contribution in [3.05, 3.63) is 59.2 Å². The number of benzene rings is 2. The lowest BCUT2D eigenvalue weighted by atomic mass is 10.1. The van der Waals surface area contributed by atoms with Gasteiger partial charge >= 0.3 is 6.03 Å². The van der Waals surface area contributed by atoms with Gasteiger partial charge in [-0.25, -0.2) is 4.79 Å². The zero-order valence-electron chi connectivity index (χ0n) is 14.9. The van der Waals surface area contributed by atoms with E-state index in [4.69, 9.17) is 9.47 Å². The Kier molecular flexibility index (Phi) is 5.24. The molecule has 1 aliphatic heterocycles. The first kappa shape index (κ1) is 17.3. The maximum absolute atomic E-state index is 12.7. The highest BCUT2D eigenvalue weighted by atomic mass is 16.5.